The van der Waals surface area contributed by atoms with Gasteiger partial charge in [-0.1, -0.05) is 29.8 Å². The zero-order chi connectivity index (χ0) is 17.3. The van der Waals surface area contributed by atoms with E-state index in [1.165, 1.54) is 29.5 Å². The summed E-state index contributed by atoms with van der Waals surface area (Å²) in [5.74, 6) is 0. The average Bonchev–Trinajstić information content (AvgIpc) is 3.08. The van der Waals surface area contributed by atoms with Gasteiger partial charge >= 0.3 is 6.09 Å². The summed E-state index contributed by atoms with van der Waals surface area (Å²) in [7, 11) is -3.99. The highest BCUT2D eigenvalue weighted by atomic mass is 32.2. The van der Waals surface area contributed by atoms with E-state index in [2.05, 4.69) is 6.58 Å². The lowest BCUT2D eigenvalue weighted by Gasteiger charge is -2.36. The van der Waals surface area contributed by atoms with Gasteiger partial charge in [0.2, 0.25) is 0 Å². The minimum Gasteiger partial charge on any atom is -0.440 e. The average molecular weight is 363 g/mol. The predicted molar refractivity (Wildman–Crippen MR) is 92.3 cm³/mol. The molecule has 24 heavy (non-hydrogen) atoms. The SMILES string of the molecule is C=C[C@@H]1C[C@@H](c2cccs2)OC(=O)N1S(=O)(=O)c1ccc(C)cc1. The van der Waals surface area contributed by atoms with Gasteiger partial charge in [-0.3, -0.25) is 0 Å². The number of hydrogen-bond donors (Lipinski definition) is 0. The van der Waals surface area contributed by atoms with Crippen LogP contribution in [0.15, 0.2) is 59.3 Å². The fourth-order valence-electron chi connectivity index (χ4n) is 2.61. The Balaban J connectivity index is 1.94. The summed E-state index contributed by atoms with van der Waals surface area (Å²) in [6.07, 6.45) is 0.503. The van der Waals surface area contributed by atoms with Crippen LogP contribution < -0.4 is 0 Å². The molecule has 1 aliphatic heterocycles. The van der Waals surface area contributed by atoms with Gasteiger partial charge in [0.15, 0.2) is 0 Å². The fraction of sp³-hybridized carbons (Fsp3) is 0.235. The van der Waals surface area contributed by atoms with Crippen molar-refractivity contribution in [3.8, 4) is 0 Å². The first-order chi connectivity index (χ1) is 11.4. The number of benzene rings is 1. The van der Waals surface area contributed by atoms with Gasteiger partial charge in [-0.25, -0.2) is 13.2 Å². The Hall–Kier alpha value is -2.12. The third-order valence-electron chi connectivity index (χ3n) is 3.89. The van der Waals surface area contributed by atoms with E-state index in [4.69, 9.17) is 4.74 Å². The van der Waals surface area contributed by atoms with E-state index in [0.29, 0.717) is 6.42 Å². The second-order valence-electron chi connectivity index (χ2n) is 5.54. The molecule has 0 bridgehead atoms. The van der Waals surface area contributed by atoms with E-state index in [-0.39, 0.29) is 4.90 Å². The topological polar surface area (TPSA) is 63.7 Å². The number of rotatable bonds is 4. The zero-order valence-electron chi connectivity index (χ0n) is 13.1. The van der Waals surface area contributed by atoms with Gasteiger partial charge < -0.3 is 4.74 Å². The largest absolute Gasteiger partial charge is 0.440 e. The minimum absolute atomic E-state index is 0.0615. The maximum absolute atomic E-state index is 12.9. The normalized spacial score (nSPS) is 21.4. The molecule has 2 aromatic rings. The highest BCUT2D eigenvalue weighted by molar-refractivity contribution is 7.89. The molecule has 0 aliphatic carbocycles. The molecule has 1 amide bonds. The zero-order valence-corrected chi connectivity index (χ0v) is 14.7. The number of ether oxygens (including phenoxy) is 1. The number of thiophene rings is 1. The maximum atomic E-state index is 12.9. The second kappa shape index (κ2) is 6.41. The molecule has 7 heteroatoms. The molecule has 1 aromatic heterocycles. The lowest BCUT2D eigenvalue weighted by atomic mass is 10.1. The summed E-state index contributed by atoms with van der Waals surface area (Å²) in [5.41, 5.74) is 0.938. The molecule has 0 N–H and O–H groups in total. The van der Waals surface area contributed by atoms with Crippen LogP contribution in [0, 0.1) is 6.92 Å². The van der Waals surface area contributed by atoms with Crippen LogP contribution in [-0.2, 0) is 14.8 Å². The first-order valence-electron chi connectivity index (χ1n) is 7.41. The fourth-order valence-corrected chi connectivity index (χ4v) is 4.86. The Morgan fingerprint density at radius 1 is 1.29 bits per heavy atom. The summed E-state index contributed by atoms with van der Waals surface area (Å²) in [6.45, 7) is 5.56. The Bertz CT molecular complexity index is 841. The van der Waals surface area contributed by atoms with E-state index >= 15 is 0 Å². The quantitative estimate of drug-likeness (QED) is 0.773. The molecule has 0 unspecified atom stereocenters. The van der Waals surface area contributed by atoms with Crippen molar-refractivity contribution in [2.24, 2.45) is 0 Å². The van der Waals surface area contributed by atoms with Crippen LogP contribution in [-0.4, -0.2) is 24.9 Å². The molecule has 126 valence electrons. The number of amides is 1. The third kappa shape index (κ3) is 2.97. The summed E-state index contributed by atoms with van der Waals surface area (Å²) >= 11 is 1.47. The molecule has 3 rings (SSSR count). The van der Waals surface area contributed by atoms with Crippen molar-refractivity contribution in [3.05, 3.63) is 64.9 Å². The van der Waals surface area contributed by atoms with Crippen molar-refractivity contribution < 1.29 is 17.9 Å². The van der Waals surface area contributed by atoms with Crippen LogP contribution in [0.2, 0.25) is 0 Å². The number of aryl methyl sites for hydroxylation is 1. The molecule has 0 spiro atoms. The number of cyclic esters (lactones) is 1. The predicted octanol–water partition coefficient (Wildman–Crippen LogP) is 3.88. The van der Waals surface area contributed by atoms with E-state index in [1.54, 1.807) is 12.1 Å². The first-order valence-corrected chi connectivity index (χ1v) is 9.73. The summed E-state index contributed by atoms with van der Waals surface area (Å²) in [5, 5.41) is 1.89. The molecule has 1 aromatic carbocycles. The van der Waals surface area contributed by atoms with Gasteiger partial charge in [-0.2, -0.15) is 4.31 Å². The molecule has 0 radical (unpaired) electrons. The Kier molecular flexibility index (Phi) is 4.47. The van der Waals surface area contributed by atoms with Crippen molar-refractivity contribution >= 4 is 27.5 Å². The maximum Gasteiger partial charge on any atom is 0.425 e. The Labute approximate surface area is 145 Å². The number of sulfonamides is 1. The first kappa shape index (κ1) is 16.7. The number of nitrogens with zero attached hydrogens (tertiary/aromatic N) is 1. The van der Waals surface area contributed by atoms with E-state index in [1.807, 2.05) is 24.4 Å². The van der Waals surface area contributed by atoms with Gasteiger partial charge in [0.1, 0.15) is 6.10 Å². The van der Waals surface area contributed by atoms with Gasteiger partial charge in [0.05, 0.1) is 10.9 Å². The summed E-state index contributed by atoms with van der Waals surface area (Å²) < 4.78 is 31.9. The van der Waals surface area contributed by atoms with E-state index in [9.17, 15) is 13.2 Å². The minimum atomic E-state index is -3.99. The molecule has 1 aliphatic rings. The Morgan fingerprint density at radius 3 is 2.58 bits per heavy atom. The second-order valence-corrected chi connectivity index (χ2v) is 8.33. The molecular weight excluding hydrogens is 346 g/mol. The summed E-state index contributed by atoms with van der Waals surface area (Å²) in [6, 6.07) is 9.45. The van der Waals surface area contributed by atoms with Crippen LogP contribution >= 0.6 is 11.3 Å². The van der Waals surface area contributed by atoms with Crippen LogP contribution in [0.4, 0.5) is 4.79 Å². The van der Waals surface area contributed by atoms with Crippen molar-refractivity contribution in [1.82, 2.24) is 4.31 Å². The van der Waals surface area contributed by atoms with Crippen molar-refractivity contribution in [2.45, 2.75) is 30.4 Å². The van der Waals surface area contributed by atoms with Gasteiger partial charge in [-0.15, -0.1) is 17.9 Å². The van der Waals surface area contributed by atoms with Gasteiger partial charge in [0, 0.05) is 11.3 Å². The number of carbonyl (C=O) groups is 1. The number of carbonyl (C=O) groups excluding carboxylic acids is 1. The third-order valence-corrected chi connectivity index (χ3v) is 6.66. The van der Waals surface area contributed by atoms with Gasteiger partial charge in [0.25, 0.3) is 10.0 Å². The van der Waals surface area contributed by atoms with Crippen LogP contribution in [0.5, 0.6) is 0 Å². The monoisotopic (exact) mass is 363 g/mol. The van der Waals surface area contributed by atoms with Crippen LogP contribution in [0.3, 0.4) is 0 Å². The molecular formula is C17H17NO4S2. The highest BCUT2D eigenvalue weighted by Crippen LogP contribution is 2.36. The summed E-state index contributed by atoms with van der Waals surface area (Å²) in [4.78, 5) is 13.4. The van der Waals surface area contributed by atoms with Crippen LogP contribution in [0.25, 0.3) is 0 Å². The van der Waals surface area contributed by atoms with E-state index in [0.717, 1.165) is 14.7 Å². The van der Waals surface area contributed by atoms with Crippen molar-refractivity contribution in [1.29, 1.82) is 0 Å². The Morgan fingerprint density at radius 2 is 2.00 bits per heavy atom. The smallest absolute Gasteiger partial charge is 0.425 e. The molecule has 0 saturated carbocycles. The molecule has 1 saturated heterocycles. The molecule has 2 heterocycles. The lowest BCUT2D eigenvalue weighted by molar-refractivity contribution is 0.0371. The lowest BCUT2D eigenvalue weighted by Crippen LogP contribution is -2.48. The molecule has 1 fully saturated rings. The molecule has 2 atom stereocenters. The van der Waals surface area contributed by atoms with Crippen molar-refractivity contribution in [3.63, 3.8) is 0 Å². The van der Waals surface area contributed by atoms with Crippen LogP contribution in [0.1, 0.15) is 23.0 Å². The highest BCUT2D eigenvalue weighted by Gasteiger charge is 2.42. The standard InChI is InChI=1S/C17H17NO4S2/c1-3-13-11-15(16-5-4-10-23-16)22-17(19)18(13)24(20,21)14-8-6-12(2)7-9-14/h3-10,13,15H,1,11H2,2H3/t13-,15+/m1/s1. The number of hydrogen-bond acceptors (Lipinski definition) is 5. The molecule has 5 nitrogen and oxygen atoms in total. The van der Waals surface area contributed by atoms with Gasteiger partial charge in [-0.05, 0) is 30.5 Å². The van der Waals surface area contributed by atoms with E-state index < -0.39 is 28.3 Å². The van der Waals surface area contributed by atoms with Crippen molar-refractivity contribution in [2.75, 3.05) is 0 Å².